The number of hydrogen-bond acceptors (Lipinski definition) is 5. The molecule has 1 heterocycles. The van der Waals surface area contributed by atoms with Crippen LogP contribution in [0.15, 0.2) is 0 Å². The molecule has 3 amide bonds. The fourth-order valence-corrected chi connectivity index (χ4v) is 1.67. The van der Waals surface area contributed by atoms with Gasteiger partial charge in [0, 0.05) is 13.1 Å². The summed E-state index contributed by atoms with van der Waals surface area (Å²) in [6.45, 7) is 10.6. The molecule has 0 saturated carbocycles. The molecule has 120 valence electrons. The van der Waals surface area contributed by atoms with Gasteiger partial charge in [0.15, 0.2) is 0 Å². The van der Waals surface area contributed by atoms with Crippen LogP contribution in [0, 0.1) is 0 Å². The maximum atomic E-state index is 12.0. The molecule has 21 heavy (non-hydrogen) atoms. The summed E-state index contributed by atoms with van der Waals surface area (Å²) in [6.07, 6.45) is -1.24. The fraction of sp³-hybridized carbons (Fsp3) is 0.786. The molecular formula is C14H24N2O5. The van der Waals surface area contributed by atoms with Crippen LogP contribution in [0.3, 0.4) is 0 Å². The van der Waals surface area contributed by atoms with Crippen LogP contribution in [0.1, 0.15) is 41.5 Å². The van der Waals surface area contributed by atoms with Crippen LogP contribution in [0.4, 0.5) is 9.59 Å². The molecule has 0 aromatic carbocycles. The van der Waals surface area contributed by atoms with Crippen molar-refractivity contribution in [2.24, 2.45) is 0 Å². The summed E-state index contributed by atoms with van der Waals surface area (Å²) >= 11 is 0. The SMILES string of the molecule is CC(C)(C)OC(=O)N1CCN(C(=O)OC(C)(C)C)C(=O)C1. The van der Waals surface area contributed by atoms with Gasteiger partial charge in [-0.05, 0) is 41.5 Å². The van der Waals surface area contributed by atoms with Crippen molar-refractivity contribution in [3.8, 4) is 0 Å². The lowest BCUT2D eigenvalue weighted by atomic mass is 10.2. The van der Waals surface area contributed by atoms with Gasteiger partial charge in [-0.2, -0.15) is 0 Å². The molecule has 0 aromatic heterocycles. The Morgan fingerprint density at radius 3 is 1.81 bits per heavy atom. The molecule has 0 radical (unpaired) electrons. The van der Waals surface area contributed by atoms with Gasteiger partial charge in [-0.25, -0.2) is 14.5 Å². The molecule has 0 unspecified atom stereocenters. The average molecular weight is 300 g/mol. The number of rotatable bonds is 0. The van der Waals surface area contributed by atoms with E-state index in [1.807, 2.05) is 0 Å². The lowest BCUT2D eigenvalue weighted by Crippen LogP contribution is -2.55. The normalized spacial score (nSPS) is 16.8. The molecule has 0 bridgehead atoms. The number of carbonyl (C=O) groups excluding carboxylic acids is 3. The van der Waals surface area contributed by atoms with Crippen molar-refractivity contribution >= 4 is 18.1 Å². The topological polar surface area (TPSA) is 76.2 Å². The van der Waals surface area contributed by atoms with E-state index in [9.17, 15) is 14.4 Å². The molecule has 1 aliphatic rings. The molecule has 0 aromatic rings. The minimum Gasteiger partial charge on any atom is -0.444 e. The Morgan fingerprint density at radius 1 is 0.905 bits per heavy atom. The van der Waals surface area contributed by atoms with Crippen molar-refractivity contribution in [3.63, 3.8) is 0 Å². The van der Waals surface area contributed by atoms with Crippen LogP contribution >= 0.6 is 0 Å². The maximum Gasteiger partial charge on any atom is 0.417 e. The van der Waals surface area contributed by atoms with E-state index in [1.54, 1.807) is 41.5 Å². The summed E-state index contributed by atoms with van der Waals surface area (Å²) < 4.78 is 10.4. The maximum absolute atomic E-state index is 12.0. The van der Waals surface area contributed by atoms with Crippen molar-refractivity contribution in [2.45, 2.75) is 52.7 Å². The molecule has 1 aliphatic heterocycles. The van der Waals surface area contributed by atoms with Crippen molar-refractivity contribution in [1.82, 2.24) is 9.80 Å². The van der Waals surface area contributed by atoms with Crippen LogP contribution in [0.2, 0.25) is 0 Å². The number of piperazine rings is 1. The predicted molar refractivity (Wildman–Crippen MR) is 75.8 cm³/mol. The second-order valence-corrected chi connectivity index (χ2v) is 6.93. The lowest BCUT2D eigenvalue weighted by Gasteiger charge is -2.34. The van der Waals surface area contributed by atoms with Crippen LogP contribution in [-0.2, 0) is 14.3 Å². The van der Waals surface area contributed by atoms with Gasteiger partial charge >= 0.3 is 12.2 Å². The first-order chi connectivity index (χ1) is 9.39. The highest BCUT2D eigenvalue weighted by atomic mass is 16.6. The Morgan fingerprint density at radius 2 is 1.38 bits per heavy atom. The molecule has 0 atom stereocenters. The summed E-state index contributed by atoms with van der Waals surface area (Å²) in [7, 11) is 0. The molecule has 1 saturated heterocycles. The summed E-state index contributed by atoms with van der Waals surface area (Å²) in [5.74, 6) is -0.471. The Labute approximate surface area is 125 Å². The quantitative estimate of drug-likeness (QED) is 0.684. The standard InChI is InChI=1S/C14H24N2O5/c1-13(2,3)20-11(18)15-7-8-16(10(17)9-15)12(19)21-14(4,5)6/h7-9H2,1-6H3. The van der Waals surface area contributed by atoms with E-state index >= 15 is 0 Å². The van der Waals surface area contributed by atoms with E-state index in [2.05, 4.69) is 0 Å². The Kier molecular flexibility index (Phi) is 4.86. The predicted octanol–water partition coefficient (Wildman–Crippen LogP) is 2.00. The lowest BCUT2D eigenvalue weighted by molar-refractivity contribution is -0.134. The highest BCUT2D eigenvalue weighted by molar-refractivity contribution is 5.95. The van der Waals surface area contributed by atoms with E-state index in [1.165, 1.54) is 4.90 Å². The van der Waals surface area contributed by atoms with E-state index in [4.69, 9.17) is 9.47 Å². The summed E-state index contributed by atoms with van der Waals surface area (Å²) in [5.41, 5.74) is -1.29. The zero-order chi connectivity index (χ0) is 16.4. The second-order valence-electron chi connectivity index (χ2n) is 6.93. The van der Waals surface area contributed by atoms with E-state index in [0.29, 0.717) is 0 Å². The first-order valence-electron chi connectivity index (χ1n) is 6.90. The highest BCUT2D eigenvalue weighted by Crippen LogP contribution is 2.15. The third kappa shape index (κ3) is 5.61. The summed E-state index contributed by atoms with van der Waals surface area (Å²) in [6, 6.07) is 0. The zero-order valence-electron chi connectivity index (χ0n) is 13.6. The fourth-order valence-electron chi connectivity index (χ4n) is 1.67. The van der Waals surface area contributed by atoms with Gasteiger partial charge in [0.25, 0.3) is 5.91 Å². The minimum atomic E-state index is -0.684. The summed E-state index contributed by atoms with van der Waals surface area (Å²) in [5, 5.41) is 0. The third-order valence-electron chi connectivity index (χ3n) is 2.49. The van der Waals surface area contributed by atoms with Gasteiger partial charge < -0.3 is 9.47 Å². The number of carbonyl (C=O) groups is 3. The van der Waals surface area contributed by atoms with Gasteiger partial charge in [0.2, 0.25) is 0 Å². The molecule has 1 fully saturated rings. The van der Waals surface area contributed by atoms with Crippen LogP contribution in [0.25, 0.3) is 0 Å². The highest BCUT2D eigenvalue weighted by Gasteiger charge is 2.35. The number of imide groups is 1. The zero-order valence-corrected chi connectivity index (χ0v) is 13.6. The molecule has 0 spiro atoms. The Hall–Kier alpha value is -1.79. The van der Waals surface area contributed by atoms with E-state index in [-0.39, 0.29) is 19.6 Å². The van der Waals surface area contributed by atoms with Gasteiger partial charge in [0.1, 0.15) is 17.7 Å². The van der Waals surface area contributed by atoms with Gasteiger partial charge in [0.05, 0.1) is 0 Å². The van der Waals surface area contributed by atoms with Gasteiger partial charge in [-0.15, -0.1) is 0 Å². The smallest absolute Gasteiger partial charge is 0.417 e. The molecule has 7 heteroatoms. The molecule has 0 N–H and O–H groups in total. The van der Waals surface area contributed by atoms with Crippen molar-refractivity contribution in [2.75, 3.05) is 19.6 Å². The van der Waals surface area contributed by atoms with Crippen molar-refractivity contribution in [1.29, 1.82) is 0 Å². The van der Waals surface area contributed by atoms with Crippen molar-refractivity contribution in [3.05, 3.63) is 0 Å². The van der Waals surface area contributed by atoms with E-state index in [0.717, 1.165) is 4.90 Å². The summed E-state index contributed by atoms with van der Waals surface area (Å²) in [4.78, 5) is 38.0. The number of ether oxygens (including phenoxy) is 2. The number of nitrogens with zero attached hydrogens (tertiary/aromatic N) is 2. The molecule has 1 rings (SSSR count). The van der Waals surface area contributed by atoms with Crippen molar-refractivity contribution < 1.29 is 23.9 Å². The number of hydrogen-bond donors (Lipinski definition) is 0. The van der Waals surface area contributed by atoms with Gasteiger partial charge in [-0.1, -0.05) is 0 Å². The first-order valence-corrected chi connectivity index (χ1v) is 6.90. The van der Waals surface area contributed by atoms with E-state index < -0.39 is 29.3 Å². The third-order valence-corrected chi connectivity index (χ3v) is 2.49. The van der Waals surface area contributed by atoms with Crippen LogP contribution in [-0.4, -0.2) is 58.7 Å². The number of amides is 3. The molecule has 7 nitrogen and oxygen atoms in total. The van der Waals surface area contributed by atoms with Gasteiger partial charge in [-0.3, -0.25) is 9.69 Å². The molecular weight excluding hydrogens is 276 g/mol. The largest absolute Gasteiger partial charge is 0.444 e. The van der Waals surface area contributed by atoms with Crippen LogP contribution < -0.4 is 0 Å². The second kappa shape index (κ2) is 5.91. The monoisotopic (exact) mass is 300 g/mol. The molecule has 0 aliphatic carbocycles. The Bertz CT molecular complexity index is 434. The van der Waals surface area contributed by atoms with Crippen LogP contribution in [0.5, 0.6) is 0 Å². The minimum absolute atomic E-state index is 0.104. The first kappa shape index (κ1) is 17.3. The Balaban J connectivity index is 2.61. The average Bonchev–Trinajstić information content (AvgIpc) is 2.23.